The zero-order valence-corrected chi connectivity index (χ0v) is 12.1. The fourth-order valence-corrected chi connectivity index (χ4v) is 2.25. The Morgan fingerprint density at radius 3 is 3.00 bits per heavy atom. The number of ether oxygens (including phenoxy) is 2. The van der Waals surface area contributed by atoms with E-state index in [9.17, 15) is 4.79 Å². The molecule has 2 aromatic rings. The van der Waals surface area contributed by atoms with Crippen LogP contribution < -0.4 is 10.1 Å². The molecule has 6 nitrogen and oxygen atoms in total. The fourth-order valence-electron chi connectivity index (χ4n) is 1.65. The van der Waals surface area contributed by atoms with Crippen molar-refractivity contribution in [1.82, 2.24) is 14.9 Å². The number of hydrogen-bond donors (Lipinski definition) is 1. The molecule has 0 spiro atoms. The van der Waals surface area contributed by atoms with Gasteiger partial charge in [-0.25, -0.2) is 0 Å². The van der Waals surface area contributed by atoms with E-state index in [1.807, 2.05) is 24.3 Å². The Labute approximate surface area is 120 Å². The van der Waals surface area contributed by atoms with E-state index in [0.29, 0.717) is 29.5 Å². The minimum absolute atomic E-state index is 0.199. The number of carbonyl (C=O) groups is 1. The van der Waals surface area contributed by atoms with Gasteiger partial charge in [0.15, 0.2) is 0 Å². The predicted octanol–water partition coefficient (Wildman–Crippen LogP) is 1.59. The van der Waals surface area contributed by atoms with Crippen LogP contribution in [0.2, 0.25) is 0 Å². The number of carbonyl (C=O) groups excluding carboxylic acids is 1. The lowest BCUT2D eigenvalue weighted by atomic mass is 10.1. The van der Waals surface area contributed by atoms with E-state index < -0.39 is 0 Å². The van der Waals surface area contributed by atoms with Crippen LogP contribution in [-0.2, 0) is 4.74 Å². The number of aromatic nitrogens is 2. The van der Waals surface area contributed by atoms with Crippen molar-refractivity contribution in [2.24, 2.45) is 0 Å². The van der Waals surface area contributed by atoms with Gasteiger partial charge in [0, 0.05) is 19.2 Å². The van der Waals surface area contributed by atoms with Gasteiger partial charge in [-0.2, -0.15) is 0 Å². The lowest BCUT2D eigenvalue weighted by Crippen LogP contribution is -2.26. The Morgan fingerprint density at radius 1 is 1.40 bits per heavy atom. The Balaban J connectivity index is 2.21. The first kappa shape index (κ1) is 14.4. The normalized spacial score (nSPS) is 10.3. The molecule has 0 unspecified atom stereocenters. The summed E-state index contributed by atoms with van der Waals surface area (Å²) in [5.41, 5.74) is 1.36. The lowest BCUT2D eigenvalue weighted by Gasteiger charge is -2.05. The zero-order chi connectivity index (χ0) is 14.4. The lowest BCUT2D eigenvalue weighted by molar-refractivity contribution is 0.0941. The monoisotopic (exact) mass is 293 g/mol. The highest BCUT2D eigenvalue weighted by atomic mass is 32.1. The third-order valence-corrected chi connectivity index (χ3v) is 3.35. The topological polar surface area (TPSA) is 73.3 Å². The van der Waals surface area contributed by atoms with Gasteiger partial charge < -0.3 is 14.8 Å². The second kappa shape index (κ2) is 6.97. The first-order valence-corrected chi connectivity index (χ1v) is 6.77. The van der Waals surface area contributed by atoms with Gasteiger partial charge in [-0.05, 0) is 23.7 Å². The van der Waals surface area contributed by atoms with Gasteiger partial charge in [-0.3, -0.25) is 4.79 Å². The van der Waals surface area contributed by atoms with Gasteiger partial charge in [0.2, 0.25) is 0 Å². The molecule has 2 rings (SSSR count). The van der Waals surface area contributed by atoms with E-state index in [-0.39, 0.29) is 5.91 Å². The Kier molecular flexibility index (Phi) is 5.03. The van der Waals surface area contributed by atoms with Crippen LogP contribution in [0, 0.1) is 0 Å². The maximum Gasteiger partial charge on any atom is 0.265 e. The zero-order valence-electron chi connectivity index (χ0n) is 11.3. The largest absolute Gasteiger partial charge is 0.497 e. The number of amides is 1. The summed E-state index contributed by atoms with van der Waals surface area (Å²) >= 11 is 1.07. The molecule has 1 N–H and O–H groups in total. The number of nitrogens with zero attached hydrogens (tertiary/aromatic N) is 2. The minimum Gasteiger partial charge on any atom is -0.497 e. The highest BCUT2D eigenvalue weighted by Gasteiger charge is 2.17. The average molecular weight is 293 g/mol. The summed E-state index contributed by atoms with van der Waals surface area (Å²) in [7, 11) is 3.18. The van der Waals surface area contributed by atoms with Crippen LogP contribution in [0.15, 0.2) is 24.3 Å². The van der Waals surface area contributed by atoms with E-state index in [2.05, 4.69) is 14.9 Å². The molecule has 1 heterocycles. The van der Waals surface area contributed by atoms with Gasteiger partial charge in [0.1, 0.15) is 16.3 Å². The molecule has 0 aliphatic heterocycles. The van der Waals surface area contributed by atoms with Crippen molar-refractivity contribution in [3.63, 3.8) is 0 Å². The molecule has 106 valence electrons. The van der Waals surface area contributed by atoms with Crippen molar-refractivity contribution in [3.8, 4) is 17.0 Å². The van der Waals surface area contributed by atoms with E-state index >= 15 is 0 Å². The van der Waals surface area contributed by atoms with Gasteiger partial charge in [-0.1, -0.05) is 16.6 Å². The van der Waals surface area contributed by atoms with E-state index in [0.717, 1.165) is 17.1 Å². The molecular formula is C13H15N3O3S. The highest BCUT2D eigenvalue weighted by Crippen LogP contribution is 2.26. The number of hydrogen-bond acceptors (Lipinski definition) is 6. The summed E-state index contributed by atoms with van der Waals surface area (Å²) in [5, 5.41) is 6.79. The SMILES string of the molecule is COCCNC(=O)c1snnc1-c1cccc(OC)c1. The smallest absolute Gasteiger partial charge is 0.265 e. The fraction of sp³-hybridized carbons (Fsp3) is 0.308. The Bertz CT molecular complexity index is 586. The van der Waals surface area contributed by atoms with Crippen LogP contribution in [0.1, 0.15) is 9.67 Å². The van der Waals surface area contributed by atoms with Crippen LogP contribution in [0.3, 0.4) is 0 Å². The maximum absolute atomic E-state index is 12.1. The van der Waals surface area contributed by atoms with Crippen LogP contribution in [0.25, 0.3) is 11.3 Å². The van der Waals surface area contributed by atoms with Crippen molar-refractivity contribution in [3.05, 3.63) is 29.1 Å². The first-order chi connectivity index (χ1) is 9.76. The molecule has 0 aliphatic rings. The van der Waals surface area contributed by atoms with Gasteiger partial charge in [-0.15, -0.1) is 5.10 Å². The Hall–Kier alpha value is -1.99. The number of benzene rings is 1. The number of rotatable bonds is 6. The molecule has 0 bridgehead atoms. The minimum atomic E-state index is -0.199. The van der Waals surface area contributed by atoms with Crippen molar-refractivity contribution in [2.45, 2.75) is 0 Å². The summed E-state index contributed by atoms with van der Waals surface area (Å²) in [6, 6.07) is 7.37. The van der Waals surface area contributed by atoms with E-state index in [4.69, 9.17) is 9.47 Å². The summed E-state index contributed by atoms with van der Waals surface area (Å²) in [4.78, 5) is 12.5. The van der Waals surface area contributed by atoms with E-state index in [1.165, 1.54) is 0 Å². The molecule has 0 saturated carbocycles. The third kappa shape index (κ3) is 3.31. The molecule has 0 aliphatic carbocycles. The second-order valence-electron chi connectivity index (χ2n) is 3.93. The van der Waals surface area contributed by atoms with Crippen molar-refractivity contribution < 1.29 is 14.3 Å². The van der Waals surface area contributed by atoms with Gasteiger partial charge in [0.05, 0.1) is 13.7 Å². The summed E-state index contributed by atoms with van der Waals surface area (Å²) in [6.45, 7) is 0.914. The van der Waals surface area contributed by atoms with Crippen LogP contribution in [0.4, 0.5) is 0 Å². The van der Waals surface area contributed by atoms with Crippen molar-refractivity contribution in [1.29, 1.82) is 0 Å². The molecule has 7 heteroatoms. The highest BCUT2D eigenvalue weighted by molar-refractivity contribution is 7.08. The molecule has 0 radical (unpaired) electrons. The molecule has 20 heavy (non-hydrogen) atoms. The van der Waals surface area contributed by atoms with Crippen LogP contribution in [0.5, 0.6) is 5.75 Å². The standard InChI is InChI=1S/C13H15N3O3S/c1-18-7-6-14-13(17)12-11(15-16-20-12)9-4-3-5-10(8-9)19-2/h3-5,8H,6-7H2,1-2H3,(H,14,17). The number of methoxy groups -OCH3 is 2. The molecule has 0 atom stereocenters. The van der Waals surface area contributed by atoms with Crippen LogP contribution in [-0.4, -0.2) is 42.9 Å². The van der Waals surface area contributed by atoms with Gasteiger partial charge >= 0.3 is 0 Å². The molecular weight excluding hydrogens is 278 g/mol. The first-order valence-electron chi connectivity index (χ1n) is 6.00. The summed E-state index contributed by atoms with van der Waals surface area (Å²) in [6.07, 6.45) is 0. The average Bonchev–Trinajstić information content (AvgIpc) is 2.97. The van der Waals surface area contributed by atoms with Crippen LogP contribution >= 0.6 is 11.5 Å². The van der Waals surface area contributed by atoms with Crippen molar-refractivity contribution in [2.75, 3.05) is 27.4 Å². The van der Waals surface area contributed by atoms with Crippen molar-refractivity contribution >= 4 is 17.4 Å². The molecule has 1 aromatic carbocycles. The van der Waals surface area contributed by atoms with Gasteiger partial charge in [0.25, 0.3) is 5.91 Å². The Morgan fingerprint density at radius 2 is 2.25 bits per heavy atom. The molecule has 1 aromatic heterocycles. The van der Waals surface area contributed by atoms with E-state index in [1.54, 1.807) is 14.2 Å². The second-order valence-corrected chi connectivity index (χ2v) is 4.69. The maximum atomic E-state index is 12.1. The quantitative estimate of drug-likeness (QED) is 0.819. The summed E-state index contributed by atoms with van der Waals surface area (Å²) < 4.78 is 13.9. The molecule has 0 saturated heterocycles. The third-order valence-electron chi connectivity index (χ3n) is 2.63. The summed E-state index contributed by atoms with van der Waals surface area (Å²) in [5.74, 6) is 0.510. The molecule has 0 fully saturated rings. The predicted molar refractivity (Wildman–Crippen MR) is 76.1 cm³/mol. The molecule has 1 amide bonds. The number of nitrogens with one attached hydrogen (secondary N) is 1.